The summed E-state index contributed by atoms with van der Waals surface area (Å²) in [6.45, 7) is 3.88. The van der Waals surface area contributed by atoms with Crippen molar-refractivity contribution in [2.45, 2.75) is 20.3 Å². The van der Waals surface area contributed by atoms with Crippen LogP contribution < -0.4 is 0 Å². The molecule has 0 saturated carbocycles. The van der Waals surface area contributed by atoms with E-state index in [1.54, 1.807) is 6.20 Å². The van der Waals surface area contributed by atoms with Crippen LogP contribution in [0.3, 0.4) is 0 Å². The van der Waals surface area contributed by atoms with Gasteiger partial charge in [-0.2, -0.15) is 0 Å². The van der Waals surface area contributed by atoms with E-state index in [9.17, 15) is 0 Å². The van der Waals surface area contributed by atoms with Gasteiger partial charge in [0.1, 0.15) is 0 Å². The smallest absolute Gasteiger partial charge is 0.150 e. The van der Waals surface area contributed by atoms with Gasteiger partial charge in [0.2, 0.25) is 0 Å². The average molecular weight is 157 g/mol. The Kier molecular flexibility index (Phi) is 2.22. The van der Waals surface area contributed by atoms with Gasteiger partial charge < -0.3 is 0 Å². The molecule has 0 amide bonds. The summed E-state index contributed by atoms with van der Waals surface area (Å²) < 4.78 is 0. The summed E-state index contributed by atoms with van der Waals surface area (Å²) in [6, 6.07) is 0. The Morgan fingerprint density at radius 3 is 2.80 bits per heavy atom. The van der Waals surface area contributed by atoms with Crippen LogP contribution in [-0.4, -0.2) is 9.97 Å². The number of hydrogen-bond acceptors (Lipinski definition) is 2. The van der Waals surface area contributed by atoms with Crippen LogP contribution in [0.5, 0.6) is 0 Å². The molecule has 0 spiro atoms. The summed E-state index contributed by atoms with van der Waals surface area (Å²) in [5.41, 5.74) is 1.73. The predicted molar refractivity (Wildman–Crippen MR) is 41.2 cm³/mol. The molecule has 0 bridgehead atoms. The zero-order valence-corrected chi connectivity index (χ0v) is 6.81. The Bertz CT molecular complexity index is 235. The third-order valence-electron chi connectivity index (χ3n) is 1.25. The first-order valence-electron chi connectivity index (χ1n) is 3.22. The van der Waals surface area contributed by atoms with Crippen molar-refractivity contribution in [1.29, 1.82) is 0 Å². The van der Waals surface area contributed by atoms with Crippen LogP contribution in [0, 0.1) is 6.92 Å². The Morgan fingerprint density at radius 2 is 2.30 bits per heavy atom. The number of halogens is 1. The summed E-state index contributed by atoms with van der Waals surface area (Å²) in [7, 11) is 0. The normalized spacial score (nSPS) is 9.90. The van der Waals surface area contributed by atoms with Crippen LogP contribution in [0.15, 0.2) is 6.20 Å². The van der Waals surface area contributed by atoms with E-state index >= 15 is 0 Å². The van der Waals surface area contributed by atoms with Crippen molar-refractivity contribution in [2.24, 2.45) is 0 Å². The highest BCUT2D eigenvalue weighted by atomic mass is 35.5. The molecule has 0 radical (unpaired) electrons. The minimum Gasteiger partial charge on any atom is -0.256 e. The van der Waals surface area contributed by atoms with Crippen molar-refractivity contribution < 1.29 is 0 Å². The second-order valence-corrected chi connectivity index (χ2v) is 2.46. The Morgan fingerprint density at radius 1 is 1.60 bits per heavy atom. The van der Waals surface area contributed by atoms with E-state index in [0.717, 1.165) is 17.8 Å². The minimum atomic E-state index is 0.530. The second-order valence-electron chi connectivity index (χ2n) is 2.10. The molecule has 0 aliphatic heterocycles. The molecule has 10 heavy (non-hydrogen) atoms. The van der Waals surface area contributed by atoms with Gasteiger partial charge in [-0.3, -0.25) is 4.98 Å². The number of aryl methyl sites for hydroxylation is 2. The molecule has 1 aromatic heterocycles. The lowest BCUT2D eigenvalue weighted by atomic mass is 10.3. The van der Waals surface area contributed by atoms with Crippen molar-refractivity contribution in [3.8, 4) is 0 Å². The molecule has 54 valence electrons. The van der Waals surface area contributed by atoms with Crippen LogP contribution in [0.4, 0.5) is 0 Å². The van der Waals surface area contributed by atoms with E-state index in [1.165, 1.54) is 0 Å². The first-order valence-corrected chi connectivity index (χ1v) is 3.60. The fraction of sp³-hybridized carbons (Fsp3) is 0.429. The van der Waals surface area contributed by atoms with Gasteiger partial charge >= 0.3 is 0 Å². The molecular formula is C7H9ClN2. The van der Waals surface area contributed by atoms with Gasteiger partial charge in [-0.05, 0) is 13.3 Å². The molecule has 0 aromatic carbocycles. The van der Waals surface area contributed by atoms with Crippen molar-refractivity contribution in [2.75, 3.05) is 0 Å². The van der Waals surface area contributed by atoms with Crippen LogP contribution >= 0.6 is 11.6 Å². The number of aromatic nitrogens is 2. The lowest BCUT2D eigenvalue weighted by Crippen LogP contribution is -1.92. The second kappa shape index (κ2) is 2.97. The van der Waals surface area contributed by atoms with Gasteiger partial charge in [-0.25, -0.2) is 4.98 Å². The van der Waals surface area contributed by atoms with Crippen LogP contribution in [0.1, 0.15) is 18.3 Å². The van der Waals surface area contributed by atoms with Crippen LogP contribution in [-0.2, 0) is 6.42 Å². The zero-order valence-electron chi connectivity index (χ0n) is 6.06. The van der Waals surface area contributed by atoms with E-state index in [2.05, 4.69) is 9.97 Å². The first kappa shape index (κ1) is 7.48. The lowest BCUT2D eigenvalue weighted by Gasteiger charge is -1.97. The summed E-state index contributed by atoms with van der Waals surface area (Å²) in [6.07, 6.45) is 2.57. The van der Waals surface area contributed by atoms with Gasteiger partial charge in [0.15, 0.2) is 5.15 Å². The third-order valence-corrected chi connectivity index (χ3v) is 1.56. The molecule has 0 aliphatic rings. The fourth-order valence-corrected chi connectivity index (χ4v) is 1.03. The minimum absolute atomic E-state index is 0.530. The summed E-state index contributed by atoms with van der Waals surface area (Å²) >= 11 is 5.76. The monoisotopic (exact) mass is 156 g/mol. The maximum atomic E-state index is 5.76. The molecule has 2 nitrogen and oxygen atoms in total. The SMILES string of the molecule is CCc1ncc(C)nc1Cl. The molecule has 0 unspecified atom stereocenters. The van der Waals surface area contributed by atoms with Crippen LogP contribution in [0.2, 0.25) is 5.15 Å². The van der Waals surface area contributed by atoms with Gasteiger partial charge in [-0.15, -0.1) is 0 Å². The van der Waals surface area contributed by atoms with Gasteiger partial charge in [0.05, 0.1) is 11.4 Å². The first-order chi connectivity index (χ1) is 4.74. The Labute approximate surface area is 65.3 Å². The van der Waals surface area contributed by atoms with Gasteiger partial charge in [0.25, 0.3) is 0 Å². The molecular weight excluding hydrogens is 148 g/mol. The molecule has 0 aliphatic carbocycles. The molecule has 0 N–H and O–H groups in total. The summed E-state index contributed by atoms with van der Waals surface area (Å²) in [5, 5.41) is 0.530. The molecule has 3 heteroatoms. The molecule has 0 atom stereocenters. The van der Waals surface area contributed by atoms with E-state index in [1.807, 2.05) is 13.8 Å². The van der Waals surface area contributed by atoms with Gasteiger partial charge in [0, 0.05) is 6.20 Å². The van der Waals surface area contributed by atoms with Crippen molar-refractivity contribution in [3.05, 3.63) is 22.7 Å². The third kappa shape index (κ3) is 1.45. The average Bonchev–Trinajstić information content (AvgIpc) is 1.88. The lowest BCUT2D eigenvalue weighted by molar-refractivity contribution is 0.977. The topological polar surface area (TPSA) is 25.8 Å². The molecule has 1 heterocycles. The highest BCUT2D eigenvalue weighted by Crippen LogP contribution is 2.09. The van der Waals surface area contributed by atoms with Crippen molar-refractivity contribution in [1.82, 2.24) is 9.97 Å². The quantitative estimate of drug-likeness (QED) is 0.622. The van der Waals surface area contributed by atoms with E-state index in [0.29, 0.717) is 5.15 Å². The van der Waals surface area contributed by atoms with Crippen molar-refractivity contribution >= 4 is 11.6 Å². The predicted octanol–water partition coefficient (Wildman–Crippen LogP) is 2.00. The summed E-state index contributed by atoms with van der Waals surface area (Å²) in [5.74, 6) is 0. The molecule has 0 saturated heterocycles. The summed E-state index contributed by atoms with van der Waals surface area (Å²) in [4.78, 5) is 8.15. The highest BCUT2D eigenvalue weighted by Gasteiger charge is 1.98. The molecule has 1 rings (SSSR count). The standard InChI is InChI=1S/C7H9ClN2/c1-3-6-7(8)10-5(2)4-9-6/h4H,3H2,1-2H3. The largest absolute Gasteiger partial charge is 0.256 e. The maximum Gasteiger partial charge on any atom is 0.150 e. The molecule has 1 aromatic rings. The number of rotatable bonds is 1. The Balaban J connectivity index is 3.07. The van der Waals surface area contributed by atoms with E-state index < -0.39 is 0 Å². The fourth-order valence-electron chi connectivity index (χ4n) is 0.710. The number of nitrogens with zero attached hydrogens (tertiary/aromatic N) is 2. The van der Waals surface area contributed by atoms with E-state index in [4.69, 9.17) is 11.6 Å². The van der Waals surface area contributed by atoms with Gasteiger partial charge in [-0.1, -0.05) is 18.5 Å². The van der Waals surface area contributed by atoms with E-state index in [-0.39, 0.29) is 0 Å². The molecule has 0 fully saturated rings. The number of hydrogen-bond donors (Lipinski definition) is 0. The zero-order chi connectivity index (χ0) is 7.56. The van der Waals surface area contributed by atoms with Crippen molar-refractivity contribution in [3.63, 3.8) is 0 Å². The van der Waals surface area contributed by atoms with Crippen LogP contribution in [0.25, 0.3) is 0 Å². The Hall–Kier alpha value is -0.630. The maximum absolute atomic E-state index is 5.76. The highest BCUT2D eigenvalue weighted by molar-refractivity contribution is 6.30.